The third kappa shape index (κ3) is 5.15. The molecule has 0 aliphatic heterocycles. The normalized spacial score (nSPS) is 10.1. The first-order valence-electron chi connectivity index (χ1n) is 7.48. The molecule has 2 aromatic carbocycles. The maximum absolute atomic E-state index is 13.5. The second kappa shape index (κ2) is 8.76. The van der Waals surface area contributed by atoms with E-state index in [1.54, 1.807) is 36.4 Å². The van der Waals surface area contributed by atoms with Crippen LogP contribution in [0.4, 0.5) is 4.39 Å². The number of rotatable bonds is 8. The van der Waals surface area contributed by atoms with Gasteiger partial charge in [-0.3, -0.25) is 4.79 Å². The Kier molecular flexibility index (Phi) is 6.42. The van der Waals surface area contributed by atoms with Gasteiger partial charge in [0.05, 0.1) is 14.2 Å². The first-order chi connectivity index (χ1) is 11.6. The molecule has 1 N–H and O–H groups in total. The van der Waals surface area contributed by atoms with Crippen molar-refractivity contribution in [1.82, 2.24) is 5.32 Å². The van der Waals surface area contributed by atoms with Crippen LogP contribution in [0.2, 0.25) is 0 Å². The van der Waals surface area contributed by atoms with Crippen LogP contribution in [0, 0.1) is 5.82 Å². The molecule has 0 spiro atoms. The van der Waals surface area contributed by atoms with Crippen molar-refractivity contribution < 1.29 is 23.4 Å². The summed E-state index contributed by atoms with van der Waals surface area (Å²) < 4.78 is 29.2. The number of carbonyl (C=O) groups excluding carboxylic acids is 1. The number of amides is 1. The predicted octanol–water partition coefficient (Wildman–Crippen LogP) is 2.58. The zero-order chi connectivity index (χ0) is 17.4. The molecule has 2 aromatic rings. The van der Waals surface area contributed by atoms with Crippen LogP contribution in [-0.4, -0.2) is 33.3 Å². The van der Waals surface area contributed by atoms with Crippen LogP contribution in [0.25, 0.3) is 0 Å². The van der Waals surface area contributed by atoms with Crippen molar-refractivity contribution in [2.45, 2.75) is 6.42 Å². The fraction of sp³-hybridized carbons (Fsp3) is 0.278. The smallest absolute Gasteiger partial charge is 0.257 e. The average Bonchev–Trinajstić information content (AvgIpc) is 2.61. The van der Waals surface area contributed by atoms with Gasteiger partial charge >= 0.3 is 0 Å². The molecule has 0 aliphatic rings. The van der Waals surface area contributed by atoms with Crippen LogP contribution in [-0.2, 0) is 11.2 Å². The Hall–Kier alpha value is -2.76. The Morgan fingerprint density at radius 1 is 1.04 bits per heavy atom. The highest BCUT2D eigenvalue weighted by Gasteiger charge is 2.07. The van der Waals surface area contributed by atoms with E-state index in [1.165, 1.54) is 20.3 Å². The van der Waals surface area contributed by atoms with E-state index in [0.29, 0.717) is 35.8 Å². The quantitative estimate of drug-likeness (QED) is 0.807. The Morgan fingerprint density at radius 2 is 1.67 bits per heavy atom. The molecule has 1 amide bonds. The van der Waals surface area contributed by atoms with Crippen LogP contribution in [0.3, 0.4) is 0 Å². The maximum Gasteiger partial charge on any atom is 0.257 e. The van der Waals surface area contributed by atoms with Crippen LogP contribution >= 0.6 is 0 Å². The Balaban J connectivity index is 1.80. The minimum absolute atomic E-state index is 0.145. The SMILES string of the molecule is COc1cc(OC)cc(OCC(=O)NCCc2ccccc2F)c1. The Bertz CT molecular complexity index is 668. The standard InChI is InChI=1S/C18H20FNO4/c1-22-14-9-15(23-2)11-16(10-14)24-12-18(21)20-8-7-13-5-3-4-6-17(13)19/h3-6,9-11H,7-8,12H2,1-2H3,(H,20,21). The van der Waals surface area contributed by atoms with Gasteiger partial charge in [-0.25, -0.2) is 4.39 Å². The molecule has 0 atom stereocenters. The number of hydrogen-bond donors (Lipinski definition) is 1. The molecule has 0 radical (unpaired) electrons. The van der Waals surface area contributed by atoms with Gasteiger partial charge in [-0.1, -0.05) is 18.2 Å². The molecule has 24 heavy (non-hydrogen) atoms. The van der Waals surface area contributed by atoms with Gasteiger partial charge in [0.25, 0.3) is 5.91 Å². The van der Waals surface area contributed by atoms with E-state index >= 15 is 0 Å². The minimum atomic E-state index is -0.284. The molecule has 0 unspecified atom stereocenters. The van der Waals surface area contributed by atoms with Crippen molar-refractivity contribution >= 4 is 5.91 Å². The highest BCUT2D eigenvalue weighted by Crippen LogP contribution is 2.27. The molecule has 0 fully saturated rings. The van der Waals surface area contributed by atoms with E-state index in [-0.39, 0.29) is 18.3 Å². The number of halogens is 1. The molecule has 6 heteroatoms. The van der Waals surface area contributed by atoms with E-state index in [2.05, 4.69) is 5.32 Å². The Morgan fingerprint density at radius 3 is 2.29 bits per heavy atom. The van der Waals surface area contributed by atoms with E-state index in [4.69, 9.17) is 14.2 Å². The monoisotopic (exact) mass is 333 g/mol. The molecule has 128 valence electrons. The lowest BCUT2D eigenvalue weighted by molar-refractivity contribution is -0.123. The molecular weight excluding hydrogens is 313 g/mol. The molecule has 5 nitrogen and oxygen atoms in total. The van der Waals surface area contributed by atoms with Crippen molar-refractivity contribution in [3.05, 3.63) is 53.8 Å². The summed E-state index contributed by atoms with van der Waals surface area (Å²) in [5.41, 5.74) is 0.566. The van der Waals surface area contributed by atoms with Crippen LogP contribution in [0.5, 0.6) is 17.2 Å². The number of nitrogens with one attached hydrogen (secondary N) is 1. The van der Waals surface area contributed by atoms with E-state index in [1.807, 2.05) is 0 Å². The third-order valence-corrected chi connectivity index (χ3v) is 3.37. The molecule has 0 saturated carbocycles. The first kappa shape index (κ1) is 17.6. The zero-order valence-corrected chi connectivity index (χ0v) is 13.7. The molecule has 0 bridgehead atoms. The highest BCUT2D eigenvalue weighted by atomic mass is 19.1. The van der Waals surface area contributed by atoms with Crippen molar-refractivity contribution in [3.63, 3.8) is 0 Å². The summed E-state index contributed by atoms with van der Waals surface area (Å²) >= 11 is 0. The molecule has 0 aliphatic carbocycles. The zero-order valence-electron chi connectivity index (χ0n) is 13.7. The topological polar surface area (TPSA) is 56.8 Å². The van der Waals surface area contributed by atoms with Crippen molar-refractivity contribution in [1.29, 1.82) is 0 Å². The fourth-order valence-corrected chi connectivity index (χ4v) is 2.10. The van der Waals surface area contributed by atoms with Gasteiger partial charge in [-0.05, 0) is 18.1 Å². The first-order valence-corrected chi connectivity index (χ1v) is 7.48. The second-order valence-electron chi connectivity index (χ2n) is 5.03. The van der Waals surface area contributed by atoms with Crippen LogP contribution in [0.1, 0.15) is 5.56 Å². The fourth-order valence-electron chi connectivity index (χ4n) is 2.10. The van der Waals surface area contributed by atoms with Gasteiger partial charge < -0.3 is 19.5 Å². The number of methoxy groups -OCH3 is 2. The van der Waals surface area contributed by atoms with Gasteiger partial charge in [-0.15, -0.1) is 0 Å². The summed E-state index contributed by atoms with van der Waals surface area (Å²) in [6, 6.07) is 11.5. The molecular formula is C18H20FNO4. The van der Waals surface area contributed by atoms with E-state index in [0.717, 1.165) is 0 Å². The lowest BCUT2D eigenvalue weighted by atomic mass is 10.1. The summed E-state index contributed by atoms with van der Waals surface area (Å²) in [7, 11) is 3.07. The number of carbonyl (C=O) groups is 1. The lowest BCUT2D eigenvalue weighted by Gasteiger charge is -2.10. The number of hydrogen-bond acceptors (Lipinski definition) is 4. The van der Waals surface area contributed by atoms with Gasteiger partial charge in [0.1, 0.15) is 23.1 Å². The van der Waals surface area contributed by atoms with Gasteiger partial charge in [-0.2, -0.15) is 0 Å². The third-order valence-electron chi connectivity index (χ3n) is 3.37. The van der Waals surface area contributed by atoms with Crippen molar-refractivity contribution in [3.8, 4) is 17.2 Å². The van der Waals surface area contributed by atoms with E-state index in [9.17, 15) is 9.18 Å². The molecule has 0 heterocycles. The number of benzene rings is 2. The summed E-state index contributed by atoms with van der Waals surface area (Å²) in [5.74, 6) is 1.06. The Labute approximate surface area is 140 Å². The average molecular weight is 333 g/mol. The van der Waals surface area contributed by atoms with Gasteiger partial charge in [0.2, 0.25) is 0 Å². The molecule has 0 aromatic heterocycles. The van der Waals surface area contributed by atoms with Gasteiger partial charge in [0, 0.05) is 24.7 Å². The largest absolute Gasteiger partial charge is 0.496 e. The maximum atomic E-state index is 13.5. The van der Waals surface area contributed by atoms with Crippen LogP contribution in [0.15, 0.2) is 42.5 Å². The summed E-state index contributed by atoms with van der Waals surface area (Å²) in [6.07, 6.45) is 0.422. The lowest BCUT2D eigenvalue weighted by Crippen LogP contribution is -2.30. The number of ether oxygens (including phenoxy) is 3. The summed E-state index contributed by atoms with van der Waals surface area (Å²) in [6.45, 7) is 0.193. The van der Waals surface area contributed by atoms with Crippen LogP contribution < -0.4 is 19.5 Å². The second-order valence-corrected chi connectivity index (χ2v) is 5.03. The molecule has 0 saturated heterocycles. The predicted molar refractivity (Wildman–Crippen MR) is 88.2 cm³/mol. The van der Waals surface area contributed by atoms with Gasteiger partial charge in [0.15, 0.2) is 6.61 Å². The van der Waals surface area contributed by atoms with E-state index < -0.39 is 0 Å². The summed E-state index contributed by atoms with van der Waals surface area (Å²) in [4.78, 5) is 11.8. The van der Waals surface area contributed by atoms with Crippen molar-refractivity contribution in [2.75, 3.05) is 27.4 Å². The molecule has 2 rings (SSSR count). The minimum Gasteiger partial charge on any atom is -0.496 e. The summed E-state index contributed by atoms with van der Waals surface area (Å²) in [5, 5.41) is 2.69. The highest BCUT2D eigenvalue weighted by molar-refractivity contribution is 5.77. The van der Waals surface area contributed by atoms with Crippen molar-refractivity contribution in [2.24, 2.45) is 0 Å².